The van der Waals surface area contributed by atoms with Crippen LogP contribution in [0.4, 0.5) is 0 Å². The van der Waals surface area contributed by atoms with Crippen LogP contribution in [0.1, 0.15) is 37.6 Å². The van der Waals surface area contributed by atoms with E-state index in [-0.39, 0.29) is 24.0 Å². The number of unbranched alkanes of at least 4 members (excludes halogenated alkanes) is 2. The lowest BCUT2D eigenvalue weighted by Gasteiger charge is -2.12. The van der Waals surface area contributed by atoms with Gasteiger partial charge in [0.15, 0.2) is 5.96 Å². The number of aryl methyl sites for hydroxylation is 1. The van der Waals surface area contributed by atoms with Gasteiger partial charge >= 0.3 is 0 Å². The zero-order valence-electron chi connectivity index (χ0n) is 14.6. The highest BCUT2D eigenvalue weighted by atomic mass is 127. The Kier molecular flexibility index (Phi) is 9.36. The van der Waals surface area contributed by atoms with Gasteiger partial charge in [-0.25, -0.2) is 9.97 Å². The summed E-state index contributed by atoms with van der Waals surface area (Å²) >= 11 is 0. The number of aliphatic imine (C=N–C) groups is 1. The van der Waals surface area contributed by atoms with Crippen LogP contribution in [0.5, 0.6) is 0 Å². The molecular formula is C17H27IN6. The summed E-state index contributed by atoms with van der Waals surface area (Å²) in [6.07, 6.45) is 9.20. The van der Waals surface area contributed by atoms with Crippen molar-refractivity contribution in [1.29, 1.82) is 0 Å². The maximum Gasteiger partial charge on any atom is 0.191 e. The van der Waals surface area contributed by atoms with E-state index in [2.05, 4.69) is 38.6 Å². The first-order chi connectivity index (χ1) is 11.2. The quantitative estimate of drug-likeness (QED) is 0.300. The molecule has 6 nitrogen and oxygen atoms in total. The Labute approximate surface area is 161 Å². The van der Waals surface area contributed by atoms with E-state index in [1.54, 1.807) is 13.2 Å². The van der Waals surface area contributed by atoms with Crippen LogP contribution < -0.4 is 10.6 Å². The molecule has 2 aromatic rings. The van der Waals surface area contributed by atoms with Crippen molar-refractivity contribution in [1.82, 2.24) is 25.2 Å². The molecule has 0 unspecified atom stereocenters. The predicted octanol–water partition coefficient (Wildman–Crippen LogP) is 3.05. The Hall–Kier alpha value is -1.64. The molecule has 0 saturated carbocycles. The number of nitrogens with one attached hydrogen (secondary N) is 2. The number of rotatable bonds is 7. The number of halogens is 1. The Balaban J connectivity index is 0.00000288. The number of guanidine groups is 1. The first-order valence-corrected chi connectivity index (χ1v) is 8.14. The monoisotopic (exact) mass is 442 g/mol. The molecule has 0 atom stereocenters. The zero-order valence-corrected chi connectivity index (χ0v) is 16.9. The smallest absolute Gasteiger partial charge is 0.191 e. The van der Waals surface area contributed by atoms with Crippen LogP contribution in [0.15, 0.2) is 35.7 Å². The van der Waals surface area contributed by atoms with E-state index in [0.717, 1.165) is 36.1 Å². The summed E-state index contributed by atoms with van der Waals surface area (Å²) in [7, 11) is 1.79. The lowest BCUT2D eigenvalue weighted by atomic mass is 10.2. The van der Waals surface area contributed by atoms with E-state index < -0.39 is 0 Å². The number of nitrogens with zero attached hydrogens (tertiary/aromatic N) is 4. The molecule has 0 radical (unpaired) electrons. The van der Waals surface area contributed by atoms with E-state index >= 15 is 0 Å². The largest absolute Gasteiger partial charge is 0.356 e. The molecule has 2 heterocycles. The lowest BCUT2D eigenvalue weighted by molar-refractivity contribution is 0.682. The number of hydrogen-bond donors (Lipinski definition) is 2. The van der Waals surface area contributed by atoms with Crippen LogP contribution in [0.2, 0.25) is 0 Å². The van der Waals surface area contributed by atoms with Gasteiger partial charge in [0.2, 0.25) is 0 Å². The van der Waals surface area contributed by atoms with E-state index in [4.69, 9.17) is 0 Å². The van der Waals surface area contributed by atoms with Crippen molar-refractivity contribution in [3.05, 3.63) is 42.1 Å². The van der Waals surface area contributed by atoms with Gasteiger partial charge in [-0.15, -0.1) is 24.0 Å². The molecular weight excluding hydrogens is 415 g/mol. The minimum atomic E-state index is 0. The Morgan fingerprint density at radius 1 is 1.21 bits per heavy atom. The normalized spacial score (nSPS) is 11.0. The van der Waals surface area contributed by atoms with Crippen molar-refractivity contribution in [2.24, 2.45) is 4.99 Å². The Bertz CT molecular complexity index is 620. The van der Waals surface area contributed by atoms with Crippen molar-refractivity contribution in [2.45, 2.75) is 39.7 Å². The van der Waals surface area contributed by atoms with Gasteiger partial charge in [0.05, 0.1) is 0 Å². The molecule has 0 aliphatic rings. The SMILES string of the molecule is CCCCCNC(=NC)NCc1ccc(-n2ccnc2C)nc1.I. The van der Waals surface area contributed by atoms with Gasteiger partial charge in [-0.05, 0) is 25.0 Å². The molecule has 0 fully saturated rings. The highest BCUT2D eigenvalue weighted by Crippen LogP contribution is 2.08. The fourth-order valence-corrected chi connectivity index (χ4v) is 2.27. The number of hydrogen-bond acceptors (Lipinski definition) is 3. The summed E-state index contributed by atoms with van der Waals surface area (Å²) in [5.74, 6) is 2.64. The number of aromatic nitrogens is 3. The molecule has 0 aromatic carbocycles. The molecule has 0 saturated heterocycles. The molecule has 0 bridgehead atoms. The molecule has 0 amide bonds. The van der Waals surface area contributed by atoms with E-state index in [0.29, 0.717) is 6.54 Å². The van der Waals surface area contributed by atoms with Crippen LogP contribution in [0, 0.1) is 6.92 Å². The summed E-state index contributed by atoms with van der Waals surface area (Å²) in [5, 5.41) is 6.63. The fourth-order valence-electron chi connectivity index (χ4n) is 2.27. The van der Waals surface area contributed by atoms with Gasteiger partial charge < -0.3 is 10.6 Å². The average molecular weight is 442 g/mol. The third-order valence-corrected chi connectivity index (χ3v) is 3.64. The zero-order chi connectivity index (χ0) is 16.5. The second kappa shape index (κ2) is 11.0. The third-order valence-electron chi connectivity index (χ3n) is 3.64. The summed E-state index contributed by atoms with van der Waals surface area (Å²) in [6.45, 7) is 5.81. The van der Waals surface area contributed by atoms with Crippen LogP contribution in [-0.2, 0) is 6.54 Å². The Morgan fingerprint density at radius 3 is 2.62 bits per heavy atom. The average Bonchev–Trinajstić information content (AvgIpc) is 3.01. The standard InChI is InChI=1S/C17H26N6.HI/c1-4-5-6-9-20-17(18-3)22-13-15-7-8-16(21-12-15)23-11-10-19-14(23)2;/h7-8,10-12H,4-6,9,13H2,1-3H3,(H2,18,20,22);1H. The van der Waals surface area contributed by atoms with E-state index in [1.807, 2.05) is 30.0 Å². The van der Waals surface area contributed by atoms with Crippen LogP contribution in [0.25, 0.3) is 5.82 Å². The highest BCUT2D eigenvalue weighted by molar-refractivity contribution is 14.0. The molecule has 2 rings (SSSR count). The second-order valence-corrected chi connectivity index (χ2v) is 5.43. The van der Waals surface area contributed by atoms with E-state index in [1.165, 1.54) is 12.8 Å². The highest BCUT2D eigenvalue weighted by Gasteiger charge is 2.03. The number of imidazole rings is 1. The van der Waals surface area contributed by atoms with Crippen LogP contribution in [-0.4, -0.2) is 34.1 Å². The minimum Gasteiger partial charge on any atom is -0.356 e. The van der Waals surface area contributed by atoms with Gasteiger partial charge in [0.25, 0.3) is 0 Å². The summed E-state index contributed by atoms with van der Waals surface area (Å²) in [5.41, 5.74) is 1.11. The minimum absolute atomic E-state index is 0. The maximum absolute atomic E-state index is 4.49. The molecule has 2 N–H and O–H groups in total. The summed E-state index contributed by atoms with van der Waals surface area (Å²) in [6, 6.07) is 4.07. The van der Waals surface area contributed by atoms with Gasteiger partial charge in [0.1, 0.15) is 11.6 Å². The van der Waals surface area contributed by atoms with Gasteiger partial charge in [0, 0.05) is 38.7 Å². The molecule has 7 heteroatoms. The molecule has 0 aliphatic carbocycles. The van der Waals surface area contributed by atoms with Crippen molar-refractivity contribution >= 4 is 29.9 Å². The molecule has 0 aliphatic heterocycles. The van der Waals surface area contributed by atoms with Crippen LogP contribution in [0.3, 0.4) is 0 Å². The first-order valence-electron chi connectivity index (χ1n) is 8.14. The predicted molar refractivity (Wildman–Crippen MR) is 109 cm³/mol. The topological polar surface area (TPSA) is 67.1 Å². The second-order valence-electron chi connectivity index (χ2n) is 5.43. The lowest BCUT2D eigenvalue weighted by Crippen LogP contribution is -2.37. The van der Waals surface area contributed by atoms with Crippen molar-refractivity contribution in [2.75, 3.05) is 13.6 Å². The fraction of sp³-hybridized carbons (Fsp3) is 0.471. The van der Waals surface area contributed by atoms with Gasteiger partial charge in [-0.3, -0.25) is 9.56 Å². The molecule has 2 aromatic heterocycles. The van der Waals surface area contributed by atoms with Crippen molar-refractivity contribution in [3.63, 3.8) is 0 Å². The van der Waals surface area contributed by atoms with Gasteiger partial charge in [-0.1, -0.05) is 25.8 Å². The van der Waals surface area contributed by atoms with E-state index in [9.17, 15) is 0 Å². The van der Waals surface area contributed by atoms with Crippen molar-refractivity contribution < 1.29 is 0 Å². The first kappa shape index (κ1) is 20.4. The summed E-state index contributed by atoms with van der Waals surface area (Å²) in [4.78, 5) is 12.9. The van der Waals surface area contributed by atoms with Crippen molar-refractivity contribution in [3.8, 4) is 5.82 Å². The summed E-state index contributed by atoms with van der Waals surface area (Å²) < 4.78 is 1.96. The number of pyridine rings is 1. The molecule has 0 spiro atoms. The Morgan fingerprint density at radius 2 is 2.04 bits per heavy atom. The maximum atomic E-state index is 4.49. The van der Waals surface area contributed by atoms with Crippen LogP contribution >= 0.6 is 24.0 Å². The van der Waals surface area contributed by atoms with Gasteiger partial charge in [-0.2, -0.15) is 0 Å². The third kappa shape index (κ3) is 6.10. The molecule has 24 heavy (non-hydrogen) atoms. The molecule has 132 valence electrons.